The van der Waals surface area contributed by atoms with Gasteiger partial charge in [-0.3, -0.25) is 0 Å². The van der Waals surface area contributed by atoms with E-state index < -0.39 is 5.60 Å². The van der Waals surface area contributed by atoms with Gasteiger partial charge >= 0.3 is 6.09 Å². The molecule has 0 heterocycles. The zero-order valence-electron chi connectivity index (χ0n) is 15.0. The molecule has 0 saturated heterocycles. The first kappa shape index (κ1) is 20.2. The Kier molecular flexibility index (Phi) is 8.26. The highest BCUT2D eigenvalue weighted by Crippen LogP contribution is 2.15. The molecule has 2 atom stereocenters. The van der Waals surface area contributed by atoms with Gasteiger partial charge < -0.3 is 20.1 Å². The van der Waals surface area contributed by atoms with Crippen molar-refractivity contribution in [2.24, 2.45) is 0 Å². The highest BCUT2D eigenvalue weighted by atomic mass is 16.6. The molecule has 5 heteroatoms. The quantitative estimate of drug-likeness (QED) is 0.723. The predicted molar refractivity (Wildman–Crippen MR) is 86.6 cm³/mol. The van der Waals surface area contributed by atoms with E-state index in [1.54, 1.807) is 7.11 Å². The average Bonchev–Trinajstić information content (AvgIpc) is 2.31. The van der Waals surface area contributed by atoms with Crippen molar-refractivity contribution >= 4 is 6.09 Å². The van der Waals surface area contributed by atoms with Crippen LogP contribution in [0.3, 0.4) is 0 Å². The summed E-state index contributed by atoms with van der Waals surface area (Å²) >= 11 is 0. The first-order chi connectivity index (χ1) is 9.49. The number of alkyl carbamates (subject to hydrolysis) is 1. The number of rotatable bonds is 8. The minimum atomic E-state index is -0.463. The summed E-state index contributed by atoms with van der Waals surface area (Å²) in [6, 6.07) is 0.533. The third-order valence-corrected chi connectivity index (χ3v) is 3.26. The summed E-state index contributed by atoms with van der Waals surface area (Å²) in [7, 11) is 1.73. The summed E-state index contributed by atoms with van der Waals surface area (Å²) < 4.78 is 10.7. The maximum atomic E-state index is 11.7. The van der Waals surface area contributed by atoms with Gasteiger partial charge in [-0.2, -0.15) is 0 Å². The predicted octanol–water partition coefficient (Wildman–Crippen LogP) is 3.08. The molecule has 0 bridgehead atoms. The van der Waals surface area contributed by atoms with Crippen molar-refractivity contribution < 1.29 is 14.3 Å². The largest absolute Gasteiger partial charge is 0.444 e. The minimum absolute atomic E-state index is 0.150. The van der Waals surface area contributed by atoms with E-state index in [0.717, 1.165) is 12.8 Å². The van der Waals surface area contributed by atoms with E-state index in [2.05, 4.69) is 38.3 Å². The van der Waals surface area contributed by atoms with Crippen LogP contribution in [-0.2, 0) is 9.47 Å². The fraction of sp³-hybridized carbons (Fsp3) is 0.938. The lowest BCUT2D eigenvalue weighted by Gasteiger charge is -2.30. The van der Waals surface area contributed by atoms with Gasteiger partial charge in [0.05, 0.1) is 5.60 Å². The minimum Gasteiger partial charge on any atom is -0.444 e. The lowest BCUT2D eigenvalue weighted by molar-refractivity contribution is 0.00749. The Hall–Kier alpha value is -0.810. The van der Waals surface area contributed by atoms with E-state index in [1.807, 2.05) is 20.8 Å². The van der Waals surface area contributed by atoms with Crippen LogP contribution in [-0.4, -0.2) is 43.0 Å². The van der Waals surface area contributed by atoms with Crippen molar-refractivity contribution in [2.45, 2.75) is 84.6 Å². The number of nitrogens with one attached hydrogen (secondary N) is 2. The van der Waals surface area contributed by atoms with Gasteiger partial charge in [-0.25, -0.2) is 4.79 Å². The standard InChI is InChI=1S/C16H34N2O3/c1-9-13(11-17-14(19)21-15(3,4)5)18-12(2)10-16(6,7)20-8/h12-13,18H,9-11H2,1-8H3,(H,17,19). The second kappa shape index (κ2) is 8.59. The molecule has 0 aliphatic heterocycles. The van der Waals surface area contributed by atoms with Crippen molar-refractivity contribution in [2.75, 3.05) is 13.7 Å². The third kappa shape index (κ3) is 10.5. The molecular weight excluding hydrogens is 268 g/mol. The number of methoxy groups -OCH3 is 1. The van der Waals surface area contributed by atoms with Crippen LogP contribution in [0.1, 0.15) is 61.3 Å². The van der Waals surface area contributed by atoms with Gasteiger partial charge in [-0.1, -0.05) is 6.92 Å². The maximum Gasteiger partial charge on any atom is 0.407 e. The van der Waals surface area contributed by atoms with Crippen LogP contribution in [0.15, 0.2) is 0 Å². The Balaban J connectivity index is 4.20. The van der Waals surface area contributed by atoms with Crippen LogP contribution < -0.4 is 10.6 Å². The second-order valence-corrected chi connectivity index (χ2v) is 7.22. The summed E-state index contributed by atoms with van der Waals surface area (Å²) in [5.74, 6) is 0. The fourth-order valence-electron chi connectivity index (χ4n) is 2.12. The Bertz CT molecular complexity index is 311. The molecule has 126 valence electrons. The number of hydrogen-bond acceptors (Lipinski definition) is 4. The monoisotopic (exact) mass is 302 g/mol. The third-order valence-electron chi connectivity index (χ3n) is 3.26. The molecule has 0 saturated carbocycles. The van der Waals surface area contributed by atoms with Crippen LogP contribution in [0.2, 0.25) is 0 Å². The molecule has 0 fully saturated rings. The molecular formula is C16H34N2O3. The number of amides is 1. The zero-order chi connectivity index (χ0) is 16.7. The smallest absolute Gasteiger partial charge is 0.407 e. The lowest BCUT2D eigenvalue weighted by atomic mass is 9.99. The lowest BCUT2D eigenvalue weighted by Crippen LogP contribution is -2.47. The molecule has 0 aromatic heterocycles. The summed E-state index contributed by atoms with van der Waals surface area (Å²) in [5, 5.41) is 6.34. The first-order valence-electron chi connectivity index (χ1n) is 7.77. The van der Waals surface area contributed by atoms with Crippen LogP contribution in [0.25, 0.3) is 0 Å². The summed E-state index contributed by atoms with van der Waals surface area (Å²) in [6.45, 7) is 14.5. The van der Waals surface area contributed by atoms with Crippen molar-refractivity contribution in [3.05, 3.63) is 0 Å². The van der Waals surface area contributed by atoms with Gasteiger partial charge in [0.15, 0.2) is 0 Å². The Morgan fingerprint density at radius 3 is 2.19 bits per heavy atom. The van der Waals surface area contributed by atoms with Crippen LogP contribution >= 0.6 is 0 Å². The summed E-state index contributed by atoms with van der Waals surface area (Å²) in [6.07, 6.45) is 1.48. The number of carbonyl (C=O) groups is 1. The molecule has 5 nitrogen and oxygen atoms in total. The van der Waals surface area contributed by atoms with E-state index in [1.165, 1.54) is 0 Å². The van der Waals surface area contributed by atoms with E-state index >= 15 is 0 Å². The second-order valence-electron chi connectivity index (χ2n) is 7.22. The van der Waals surface area contributed by atoms with Crippen LogP contribution in [0.5, 0.6) is 0 Å². The molecule has 0 radical (unpaired) electrons. The van der Waals surface area contributed by atoms with Crippen molar-refractivity contribution in [1.29, 1.82) is 0 Å². The molecule has 0 aromatic rings. The van der Waals surface area contributed by atoms with Crippen LogP contribution in [0, 0.1) is 0 Å². The van der Waals surface area contributed by atoms with Crippen LogP contribution in [0.4, 0.5) is 4.79 Å². The molecule has 21 heavy (non-hydrogen) atoms. The van der Waals surface area contributed by atoms with E-state index in [4.69, 9.17) is 9.47 Å². The molecule has 2 unspecified atom stereocenters. The Morgan fingerprint density at radius 2 is 1.76 bits per heavy atom. The van der Waals surface area contributed by atoms with Gasteiger partial charge in [0, 0.05) is 25.7 Å². The molecule has 0 aromatic carbocycles. The number of hydrogen-bond donors (Lipinski definition) is 2. The van der Waals surface area contributed by atoms with E-state index in [9.17, 15) is 4.79 Å². The summed E-state index contributed by atoms with van der Waals surface area (Å²) in [5.41, 5.74) is -0.613. The van der Waals surface area contributed by atoms with Gasteiger partial charge in [0.1, 0.15) is 5.60 Å². The highest BCUT2D eigenvalue weighted by Gasteiger charge is 2.22. The van der Waals surface area contributed by atoms with Crippen molar-refractivity contribution in [1.82, 2.24) is 10.6 Å². The Morgan fingerprint density at radius 1 is 1.19 bits per heavy atom. The molecule has 0 spiro atoms. The topological polar surface area (TPSA) is 59.6 Å². The first-order valence-corrected chi connectivity index (χ1v) is 7.77. The fourth-order valence-corrected chi connectivity index (χ4v) is 2.12. The van der Waals surface area contributed by atoms with Crippen molar-refractivity contribution in [3.63, 3.8) is 0 Å². The van der Waals surface area contributed by atoms with Gasteiger partial charge in [0.25, 0.3) is 0 Å². The number of carbonyl (C=O) groups excluding carboxylic acids is 1. The average molecular weight is 302 g/mol. The molecule has 0 aliphatic rings. The van der Waals surface area contributed by atoms with Crippen molar-refractivity contribution in [3.8, 4) is 0 Å². The SMILES string of the molecule is CCC(CNC(=O)OC(C)(C)C)NC(C)CC(C)(C)OC. The zero-order valence-corrected chi connectivity index (χ0v) is 15.0. The number of ether oxygens (including phenoxy) is 2. The highest BCUT2D eigenvalue weighted by molar-refractivity contribution is 5.67. The van der Waals surface area contributed by atoms with Gasteiger partial charge in [-0.15, -0.1) is 0 Å². The normalized spacial score (nSPS) is 15.4. The van der Waals surface area contributed by atoms with E-state index in [-0.39, 0.29) is 17.7 Å². The van der Waals surface area contributed by atoms with Gasteiger partial charge in [0.2, 0.25) is 0 Å². The molecule has 2 N–H and O–H groups in total. The molecule has 0 rings (SSSR count). The molecule has 0 aliphatic carbocycles. The summed E-state index contributed by atoms with van der Waals surface area (Å²) in [4.78, 5) is 11.7. The van der Waals surface area contributed by atoms with Gasteiger partial charge in [-0.05, 0) is 54.4 Å². The van der Waals surface area contributed by atoms with E-state index in [0.29, 0.717) is 12.6 Å². The Labute approximate surface area is 130 Å². The molecule has 1 amide bonds. The maximum absolute atomic E-state index is 11.7.